The van der Waals surface area contributed by atoms with Crippen molar-refractivity contribution < 1.29 is 22.7 Å². The lowest BCUT2D eigenvalue weighted by Gasteiger charge is -2.29. The first-order valence-electron chi connectivity index (χ1n) is 12.7. The zero-order chi connectivity index (χ0) is 26.7. The molecule has 37 heavy (non-hydrogen) atoms. The monoisotopic (exact) mass is 535 g/mol. The van der Waals surface area contributed by atoms with Crippen LogP contribution >= 0.6 is 11.6 Å². The van der Waals surface area contributed by atoms with Crippen LogP contribution in [0.15, 0.2) is 48.3 Å². The number of benzene rings is 1. The molecule has 2 aliphatic carbocycles. The number of rotatable bonds is 7. The second-order valence-electron chi connectivity index (χ2n) is 10.1. The molecule has 200 valence electrons. The van der Waals surface area contributed by atoms with Crippen molar-refractivity contribution >= 4 is 17.5 Å². The van der Waals surface area contributed by atoms with Crippen molar-refractivity contribution in [3.8, 4) is 0 Å². The average Bonchev–Trinajstić information content (AvgIpc) is 3.22. The number of carbonyl (C=O) groups excluding carboxylic acids is 1. The molecule has 0 spiro atoms. The van der Waals surface area contributed by atoms with E-state index in [2.05, 4.69) is 42.1 Å². The van der Waals surface area contributed by atoms with Crippen molar-refractivity contribution in [2.24, 2.45) is 11.8 Å². The SMILES string of the molecule is COC1=CC(C)C(c2cc(C)n(CCC3CCC(NC(=O)c4cc(C(F)(F)F)ccc4Cl)CC3)n2)C=C1. The summed E-state index contributed by atoms with van der Waals surface area (Å²) in [4.78, 5) is 12.6. The predicted molar refractivity (Wildman–Crippen MR) is 137 cm³/mol. The van der Waals surface area contributed by atoms with Crippen LogP contribution in [0, 0.1) is 18.8 Å². The quantitative estimate of drug-likeness (QED) is 0.413. The molecule has 5 nitrogen and oxygen atoms in total. The number of aromatic nitrogens is 2. The number of hydrogen-bond donors (Lipinski definition) is 1. The summed E-state index contributed by atoms with van der Waals surface area (Å²) in [5.41, 5.74) is 1.18. The van der Waals surface area contributed by atoms with Gasteiger partial charge in [0.15, 0.2) is 0 Å². The van der Waals surface area contributed by atoms with Gasteiger partial charge in [0.2, 0.25) is 0 Å². The number of methoxy groups -OCH3 is 1. The molecule has 1 heterocycles. The zero-order valence-electron chi connectivity index (χ0n) is 21.3. The molecule has 1 saturated carbocycles. The fourth-order valence-corrected chi connectivity index (χ4v) is 5.46. The molecule has 4 rings (SSSR count). The van der Waals surface area contributed by atoms with Crippen LogP contribution in [0.5, 0.6) is 0 Å². The highest BCUT2D eigenvalue weighted by atomic mass is 35.5. The summed E-state index contributed by atoms with van der Waals surface area (Å²) in [7, 11) is 1.68. The fraction of sp³-hybridized carbons (Fsp3) is 0.500. The van der Waals surface area contributed by atoms with Gasteiger partial charge in [-0.1, -0.05) is 24.6 Å². The van der Waals surface area contributed by atoms with E-state index >= 15 is 0 Å². The van der Waals surface area contributed by atoms with Crippen LogP contribution in [0.2, 0.25) is 5.02 Å². The second kappa shape index (κ2) is 11.3. The summed E-state index contributed by atoms with van der Waals surface area (Å²) in [6.07, 6.45) is 6.20. The molecular formula is C28H33ClF3N3O2. The summed E-state index contributed by atoms with van der Waals surface area (Å²) in [5.74, 6) is 1.36. The maximum absolute atomic E-state index is 13.0. The van der Waals surface area contributed by atoms with Crippen LogP contribution in [-0.2, 0) is 17.5 Å². The molecule has 1 fully saturated rings. The van der Waals surface area contributed by atoms with Crippen LogP contribution in [0.25, 0.3) is 0 Å². The lowest BCUT2D eigenvalue weighted by Crippen LogP contribution is -2.38. The topological polar surface area (TPSA) is 56.1 Å². The summed E-state index contributed by atoms with van der Waals surface area (Å²) in [6.45, 7) is 5.08. The fourth-order valence-electron chi connectivity index (χ4n) is 5.26. The summed E-state index contributed by atoms with van der Waals surface area (Å²) in [5, 5.41) is 7.78. The van der Waals surface area contributed by atoms with E-state index in [1.807, 2.05) is 6.08 Å². The third-order valence-electron chi connectivity index (χ3n) is 7.51. The number of aryl methyl sites for hydroxylation is 2. The minimum absolute atomic E-state index is 0.0152. The molecule has 0 bridgehead atoms. The van der Waals surface area contributed by atoms with E-state index in [1.54, 1.807) is 7.11 Å². The molecule has 0 saturated heterocycles. The highest BCUT2D eigenvalue weighted by Gasteiger charge is 2.32. The normalized spacial score (nSPS) is 24.0. The van der Waals surface area contributed by atoms with Gasteiger partial charge in [-0.15, -0.1) is 0 Å². The highest BCUT2D eigenvalue weighted by Crippen LogP contribution is 2.34. The number of nitrogens with zero attached hydrogens (tertiary/aromatic N) is 2. The first-order chi connectivity index (χ1) is 17.5. The predicted octanol–water partition coefficient (Wildman–Crippen LogP) is 7.06. The van der Waals surface area contributed by atoms with Gasteiger partial charge in [0.05, 0.1) is 29.0 Å². The average molecular weight is 536 g/mol. The molecular weight excluding hydrogens is 503 g/mol. The summed E-state index contributed by atoms with van der Waals surface area (Å²) in [6, 6.07) is 4.91. The molecule has 1 amide bonds. The molecule has 2 aliphatic rings. The standard InChI is InChI=1S/C28H33ClF3N3O2/c1-17-14-22(37-3)9-10-23(17)26-15-18(2)35(34-26)13-12-19-4-7-21(8-5-19)33-27(36)24-16-20(28(30,31)32)6-11-25(24)29/h6,9-11,14-17,19,21,23H,4-5,7-8,12-13H2,1-3H3,(H,33,36). The van der Waals surface area contributed by atoms with Gasteiger partial charge in [0.25, 0.3) is 5.91 Å². The van der Waals surface area contributed by atoms with E-state index < -0.39 is 17.6 Å². The van der Waals surface area contributed by atoms with Crippen molar-refractivity contribution in [2.45, 2.75) is 70.6 Å². The number of carbonyl (C=O) groups is 1. The van der Waals surface area contributed by atoms with Gasteiger partial charge >= 0.3 is 6.18 Å². The van der Waals surface area contributed by atoms with Crippen molar-refractivity contribution in [1.29, 1.82) is 0 Å². The Labute approximate surface area is 220 Å². The Morgan fingerprint density at radius 1 is 1.22 bits per heavy atom. The Hall–Kier alpha value is -2.74. The van der Waals surface area contributed by atoms with E-state index in [9.17, 15) is 18.0 Å². The van der Waals surface area contributed by atoms with Gasteiger partial charge in [-0.05, 0) is 87.3 Å². The summed E-state index contributed by atoms with van der Waals surface area (Å²) < 4.78 is 46.5. The van der Waals surface area contributed by atoms with Gasteiger partial charge in [-0.2, -0.15) is 18.3 Å². The zero-order valence-corrected chi connectivity index (χ0v) is 22.1. The molecule has 2 unspecified atom stereocenters. The lowest BCUT2D eigenvalue weighted by molar-refractivity contribution is -0.137. The van der Waals surface area contributed by atoms with Gasteiger partial charge < -0.3 is 10.1 Å². The number of hydrogen-bond acceptors (Lipinski definition) is 3. The first-order valence-corrected chi connectivity index (χ1v) is 13.1. The first kappa shape index (κ1) is 27.3. The van der Waals surface area contributed by atoms with Gasteiger partial charge in [-0.3, -0.25) is 9.48 Å². The number of ether oxygens (including phenoxy) is 1. The van der Waals surface area contributed by atoms with Crippen molar-refractivity contribution in [2.75, 3.05) is 7.11 Å². The smallest absolute Gasteiger partial charge is 0.416 e. The van der Waals surface area contributed by atoms with Crippen LogP contribution in [0.3, 0.4) is 0 Å². The van der Waals surface area contributed by atoms with Crippen LogP contribution in [-0.4, -0.2) is 28.8 Å². The molecule has 1 N–H and O–H groups in total. The third kappa shape index (κ3) is 6.58. The van der Waals surface area contributed by atoms with E-state index in [4.69, 9.17) is 21.4 Å². The summed E-state index contributed by atoms with van der Waals surface area (Å²) >= 11 is 6.02. The van der Waals surface area contributed by atoms with E-state index in [0.29, 0.717) is 11.8 Å². The minimum atomic E-state index is -4.53. The van der Waals surface area contributed by atoms with E-state index in [-0.39, 0.29) is 22.5 Å². The number of alkyl halides is 3. The Kier molecular flexibility index (Phi) is 8.36. The van der Waals surface area contributed by atoms with Gasteiger partial charge in [0.1, 0.15) is 5.76 Å². The molecule has 0 radical (unpaired) electrons. The lowest BCUT2D eigenvalue weighted by atomic mass is 9.84. The van der Waals surface area contributed by atoms with Gasteiger partial charge in [0, 0.05) is 24.2 Å². The second-order valence-corrected chi connectivity index (χ2v) is 10.5. The number of amides is 1. The highest BCUT2D eigenvalue weighted by molar-refractivity contribution is 6.33. The van der Waals surface area contributed by atoms with E-state index in [0.717, 1.165) is 74.0 Å². The van der Waals surface area contributed by atoms with Crippen LogP contribution in [0.4, 0.5) is 13.2 Å². The minimum Gasteiger partial charge on any atom is -0.497 e. The Morgan fingerprint density at radius 3 is 2.59 bits per heavy atom. The molecule has 2 aromatic rings. The van der Waals surface area contributed by atoms with Crippen molar-refractivity contribution in [3.05, 3.63) is 75.8 Å². The molecule has 1 aromatic heterocycles. The Bertz CT molecular complexity index is 1180. The molecule has 0 aliphatic heterocycles. The number of nitrogens with one attached hydrogen (secondary N) is 1. The molecule has 1 aromatic carbocycles. The number of allylic oxidation sites excluding steroid dienone is 3. The van der Waals surface area contributed by atoms with Gasteiger partial charge in [-0.25, -0.2) is 0 Å². The maximum Gasteiger partial charge on any atom is 0.416 e. The Balaban J connectivity index is 1.27. The van der Waals surface area contributed by atoms with Crippen molar-refractivity contribution in [1.82, 2.24) is 15.1 Å². The maximum atomic E-state index is 13.0. The third-order valence-corrected chi connectivity index (χ3v) is 7.84. The van der Waals surface area contributed by atoms with E-state index in [1.165, 1.54) is 0 Å². The van der Waals surface area contributed by atoms with Crippen LogP contribution < -0.4 is 5.32 Å². The van der Waals surface area contributed by atoms with Crippen molar-refractivity contribution in [3.63, 3.8) is 0 Å². The molecule has 2 atom stereocenters. The largest absolute Gasteiger partial charge is 0.497 e. The van der Waals surface area contributed by atoms with Crippen LogP contribution in [0.1, 0.15) is 72.3 Å². The molecule has 9 heteroatoms. The Morgan fingerprint density at radius 2 is 1.95 bits per heavy atom. The number of halogens is 4.